The van der Waals surface area contributed by atoms with Crippen LogP contribution in [0.1, 0.15) is 42.5 Å². The van der Waals surface area contributed by atoms with Crippen LogP contribution in [0.3, 0.4) is 0 Å². The third-order valence-electron chi connectivity index (χ3n) is 4.39. The lowest BCUT2D eigenvalue weighted by Gasteiger charge is -2.17. The van der Waals surface area contributed by atoms with Crippen LogP contribution in [0.4, 0.5) is 4.39 Å². The van der Waals surface area contributed by atoms with Crippen molar-refractivity contribution in [1.29, 1.82) is 0 Å². The van der Waals surface area contributed by atoms with E-state index in [0.29, 0.717) is 22.5 Å². The van der Waals surface area contributed by atoms with Crippen molar-refractivity contribution in [2.45, 2.75) is 13.8 Å². The first-order valence-electron chi connectivity index (χ1n) is 7.97. The van der Waals surface area contributed by atoms with Gasteiger partial charge in [0.2, 0.25) is 0 Å². The number of rotatable bonds is 5. The molecule has 7 heteroatoms. The van der Waals surface area contributed by atoms with E-state index in [9.17, 15) is 18.8 Å². The molecule has 0 atom stereocenters. The van der Waals surface area contributed by atoms with E-state index in [0.717, 1.165) is 6.07 Å². The summed E-state index contributed by atoms with van der Waals surface area (Å²) in [6.07, 6.45) is 0. The third-order valence-corrected chi connectivity index (χ3v) is 4.39. The minimum Gasteiger partial charge on any atom is -0.464 e. The quantitative estimate of drug-likeness (QED) is 0.607. The van der Waals surface area contributed by atoms with Crippen molar-refractivity contribution in [3.05, 3.63) is 58.2 Å². The predicted molar refractivity (Wildman–Crippen MR) is 93.9 cm³/mol. The molecular weight excluding hydrogens is 339 g/mol. The van der Waals surface area contributed by atoms with Gasteiger partial charge in [-0.05, 0) is 37.6 Å². The largest absolute Gasteiger partial charge is 0.464 e. The van der Waals surface area contributed by atoms with Crippen LogP contribution >= 0.6 is 0 Å². The first-order chi connectivity index (χ1) is 12.2. The fraction of sp³-hybridized carbons (Fsp3) is 0.316. The summed E-state index contributed by atoms with van der Waals surface area (Å²) in [5.41, 5.74) is 1.96. The molecular formula is C19H21FN2O4. The molecule has 0 radical (unpaired) electrons. The van der Waals surface area contributed by atoms with E-state index >= 15 is 0 Å². The number of likely N-dealkylation sites (N-methyl/N-ethyl adjacent to an activating group) is 1. The maximum absolute atomic E-state index is 13.3. The smallest absolute Gasteiger partial charge is 0.354 e. The van der Waals surface area contributed by atoms with E-state index in [1.165, 1.54) is 37.3 Å². The van der Waals surface area contributed by atoms with E-state index in [2.05, 4.69) is 0 Å². The van der Waals surface area contributed by atoms with Crippen molar-refractivity contribution in [2.24, 2.45) is 7.05 Å². The van der Waals surface area contributed by atoms with Crippen molar-refractivity contribution in [1.82, 2.24) is 9.47 Å². The Bertz CT molecular complexity index is 886. The summed E-state index contributed by atoms with van der Waals surface area (Å²) in [5, 5.41) is 0. The molecule has 0 N–H and O–H groups in total. The number of ether oxygens (including phenoxy) is 1. The van der Waals surface area contributed by atoms with Gasteiger partial charge in [0.15, 0.2) is 5.78 Å². The molecule has 0 fully saturated rings. The van der Waals surface area contributed by atoms with E-state index in [-0.39, 0.29) is 17.9 Å². The normalized spacial score (nSPS) is 10.5. The van der Waals surface area contributed by atoms with Gasteiger partial charge < -0.3 is 14.2 Å². The zero-order chi connectivity index (χ0) is 19.6. The average Bonchev–Trinajstić information content (AvgIpc) is 2.82. The molecule has 0 saturated carbocycles. The van der Waals surface area contributed by atoms with Crippen molar-refractivity contribution < 1.29 is 23.5 Å². The van der Waals surface area contributed by atoms with Crippen LogP contribution in [0.2, 0.25) is 0 Å². The summed E-state index contributed by atoms with van der Waals surface area (Å²) < 4.78 is 19.7. The molecule has 2 rings (SSSR count). The van der Waals surface area contributed by atoms with E-state index in [4.69, 9.17) is 4.74 Å². The predicted octanol–water partition coefficient (Wildman–Crippen LogP) is 2.52. The highest BCUT2D eigenvalue weighted by Gasteiger charge is 2.26. The molecule has 26 heavy (non-hydrogen) atoms. The van der Waals surface area contributed by atoms with Gasteiger partial charge in [-0.25, -0.2) is 9.18 Å². The monoisotopic (exact) mass is 360 g/mol. The SMILES string of the molecule is COC(=O)c1c(C)c(C(=O)CN(C)C(=O)c2cccc(F)c2)c(C)n1C. The first kappa shape index (κ1) is 19.4. The minimum absolute atomic E-state index is 0.164. The molecule has 0 bridgehead atoms. The van der Waals surface area contributed by atoms with Crippen LogP contribution < -0.4 is 0 Å². The zero-order valence-electron chi connectivity index (χ0n) is 15.4. The standard InChI is InChI=1S/C19H21FN2O4/c1-11-16(12(2)22(4)17(11)19(25)26-5)15(23)10-21(3)18(24)13-7-6-8-14(20)9-13/h6-9H,10H2,1-5H3. The number of halogens is 1. The maximum atomic E-state index is 13.3. The van der Waals surface area contributed by atoms with Crippen LogP contribution in [0, 0.1) is 19.7 Å². The lowest BCUT2D eigenvalue weighted by Crippen LogP contribution is -2.32. The number of carbonyl (C=O) groups is 3. The molecule has 0 aliphatic heterocycles. The first-order valence-corrected chi connectivity index (χ1v) is 7.97. The van der Waals surface area contributed by atoms with Crippen LogP contribution in [0.25, 0.3) is 0 Å². The number of methoxy groups -OCH3 is 1. The molecule has 1 amide bonds. The Kier molecular flexibility index (Phi) is 5.59. The van der Waals surface area contributed by atoms with Crippen LogP contribution in [0.15, 0.2) is 24.3 Å². The molecule has 2 aromatic rings. The number of hydrogen-bond acceptors (Lipinski definition) is 4. The highest BCUT2D eigenvalue weighted by molar-refractivity contribution is 6.05. The van der Waals surface area contributed by atoms with Crippen molar-refractivity contribution >= 4 is 17.7 Å². The highest BCUT2D eigenvalue weighted by atomic mass is 19.1. The molecule has 0 saturated heterocycles. The Hall–Kier alpha value is -2.96. The van der Waals surface area contributed by atoms with Gasteiger partial charge in [0.1, 0.15) is 11.5 Å². The molecule has 1 aromatic carbocycles. The number of amides is 1. The molecule has 6 nitrogen and oxygen atoms in total. The topological polar surface area (TPSA) is 68.6 Å². The summed E-state index contributed by atoms with van der Waals surface area (Å²) >= 11 is 0. The van der Waals surface area contributed by atoms with Gasteiger partial charge >= 0.3 is 5.97 Å². The number of ketones is 1. The molecule has 1 heterocycles. The number of Topliss-reactive ketones (excluding diaryl/α,β-unsaturated/α-hetero) is 1. The van der Waals surface area contributed by atoms with Crippen LogP contribution in [-0.4, -0.2) is 47.8 Å². The second-order valence-electron chi connectivity index (χ2n) is 6.08. The van der Waals surface area contributed by atoms with Crippen molar-refractivity contribution in [3.63, 3.8) is 0 Å². The van der Waals surface area contributed by atoms with Crippen LogP contribution in [0.5, 0.6) is 0 Å². The summed E-state index contributed by atoms with van der Waals surface area (Å²) in [6, 6.07) is 5.29. The van der Waals surface area contributed by atoms with E-state index < -0.39 is 17.7 Å². The van der Waals surface area contributed by atoms with Crippen LogP contribution in [-0.2, 0) is 11.8 Å². The number of nitrogens with zero attached hydrogens (tertiary/aromatic N) is 2. The Balaban J connectivity index is 2.27. The second-order valence-corrected chi connectivity index (χ2v) is 6.08. The number of aromatic nitrogens is 1. The lowest BCUT2D eigenvalue weighted by molar-refractivity contribution is 0.0588. The highest BCUT2D eigenvalue weighted by Crippen LogP contribution is 2.23. The average molecular weight is 360 g/mol. The Morgan fingerprint density at radius 3 is 2.46 bits per heavy atom. The molecule has 0 unspecified atom stereocenters. The van der Waals surface area contributed by atoms with E-state index in [1.807, 2.05) is 0 Å². The fourth-order valence-electron chi connectivity index (χ4n) is 2.98. The summed E-state index contributed by atoms with van der Waals surface area (Å²) in [6.45, 7) is 3.20. The van der Waals surface area contributed by atoms with Crippen molar-refractivity contribution in [3.8, 4) is 0 Å². The lowest BCUT2D eigenvalue weighted by atomic mass is 10.0. The fourth-order valence-corrected chi connectivity index (χ4v) is 2.98. The number of hydrogen-bond donors (Lipinski definition) is 0. The molecule has 0 spiro atoms. The molecule has 138 valence electrons. The van der Waals surface area contributed by atoms with Gasteiger partial charge in [-0.15, -0.1) is 0 Å². The number of carbonyl (C=O) groups excluding carboxylic acids is 3. The zero-order valence-corrected chi connectivity index (χ0v) is 15.4. The van der Waals surface area contributed by atoms with Crippen molar-refractivity contribution in [2.75, 3.05) is 20.7 Å². The summed E-state index contributed by atoms with van der Waals surface area (Å²) in [5.74, 6) is -1.82. The van der Waals surface area contributed by atoms with Gasteiger partial charge in [-0.3, -0.25) is 9.59 Å². The van der Waals surface area contributed by atoms with Gasteiger partial charge in [0, 0.05) is 30.9 Å². The molecule has 0 aliphatic rings. The van der Waals surface area contributed by atoms with Gasteiger partial charge in [-0.2, -0.15) is 0 Å². The summed E-state index contributed by atoms with van der Waals surface area (Å²) in [7, 11) is 4.42. The third kappa shape index (κ3) is 3.51. The van der Waals surface area contributed by atoms with E-state index in [1.54, 1.807) is 25.5 Å². The van der Waals surface area contributed by atoms with Gasteiger partial charge in [0.25, 0.3) is 5.91 Å². The Morgan fingerprint density at radius 1 is 1.23 bits per heavy atom. The van der Waals surface area contributed by atoms with Gasteiger partial charge in [-0.1, -0.05) is 6.07 Å². The minimum atomic E-state index is -0.531. The number of esters is 1. The Morgan fingerprint density at radius 2 is 1.88 bits per heavy atom. The molecule has 1 aromatic heterocycles. The number of benzene rings is 1. The maximum Gasteiger partial charge on any atom is 0.354 e. The van der Waals surface area contributed by atoms with Gasteiger partial charge in [0.05, 0.1) is 13.7 Å². The second kappa shape index (κ2) is 7.51. The summed E-state index contributed by atoms with van der Waals surface area (Å²) in [4.78, 5) is 38.3. The molecule has 0 aliphatic carbocycles. The Labute approximate surface area is 151 Å².